The lowest BCUT2D eigenvalue weighted by atomic mass is 10.2. The quantitative estimate of drug-likeness (QED) is 0.795. The molecule has 18 heavy (non-hydrogen) atoms. The Labute approximate surface area is 121 Å². The van der Waals surface area contributed by atoms with Gasteiger partial charge in [0.2, 0.25) is 0 Å². The first kappa shape index (κ1) is 13.0. The minimum absolute atomic E-state index is 0.235. The Morgan fingerprint density at radius 1 is 1.22 bits per heavy atom. The summed E-state index contributed by atoms with van der Waals surface area (Å²) in [5, 5.41) is 2.78. The molecule has 0 fully saturated rings. The Hall–Kier alpha value is -1.40. The normalized spacial score (nSPS) is 10.1. The van der Waals surface area contributed by atoms with E-state index in [1.54, 1.807) is 36.7 Å². The minimum Gasteiger partial charge on any atom is -0.399 e. The molecular formula is C12H9Br2N3O. The molecular weight excluding hydrogens is 362 g/mol. The van der Waals surface area contributed by atoms with E-state index in [0.717, 1.165) is 4.47 Å². The van der Waals surface area contributed by atoms with Crippen molar-refractivity contribution in [2.45, 2.75) is 0 Å². The van der Waals surface area contributed by atoms with Crippen LogP contribution in [0.3, 0.4) is 0 Å². The van der Waals surface area contributed by atoms with Gasteiger partial charge in [-0.05, 0) is 56.1 Å². The average molecular weight is 371 g/mol. The Kier molecular flexibility index (Phi) is 3.98. The van der Waals surface area contributed by atoms with E-state index < -0.39 is 0 Å². The van der Waals surface area contributed by atoms with Crippen LogP contribution in [0.1, 0.15) is 10.4 Å². The summed E-state index contributed by atoms with van der Waals surface area (Å²) in [5.74, 6) is -0.235. The third-order valence-electron chi connectivity index (χ3n) is 2.26. The van der Waals surface area contributed by atoms with Crippen LogP contribution < -0.4 is 11.1 Å². The molecule has 0 saturated heterocycles. The number of nitrogens with one attached hydrogen (secondary N) is 1. The lowest BCUT2D eigenvalue weighted by molar-refractivity contribution is 0.102. The monoisotopic (exact) mass is 369 g/mol. The molecule has 0 atom stereocenters. The number of nitrogens with two attached hydrogens (primary N) is 1. The highest BCUT2D eigenvalue weighted by Crippen LogP contribution is 2.24. The van der Waals surface area contributed by atoms with Crippen LogP contribution in [0.15, 0.2) is 45.6 Å². The van der Waals surface area contributed by atoms with Crippen molar-refractivity contribution < 1.29 is 4.79 Å². The van der Waals surface area contributed by atoms with Crippen molar-refractivity contribution in [3.63, 3.8) is 0 Å². The fourth-order valence-electron chi connectivity index (χ4n) is 1.38. The summed E-state index contributed by atoms with van der Waals surface area (Å²) in [5.41, 5.74) is 7.35. The molecule has 6 heteroatoms. The summed E-state index contributed by atoms with van der Waals surface area (Å²) in [4.78, 5) is 16.0. The molecule has 1 amide bonds. The third kappa shape index (κ3) is 2.88. The molecule has 0 aliphatic heterocycles. The maximum absolute atomic E-state index is 12.1. The maximum atomic E-state index is 12.1. The molecule has 1 aromatic carbocycles. The number of carbonyl (C=O) groups excluding carboxylic acids is 1. The fraction of sp³-hybridized carbons (Fsp3) is 0. The zero-order chi connectivity index (χ0) is 13.1. The topological polar surface area (TPSA) is 68.0 Å². The molecule has 2 rings (SSSR count). The number of amides is 1. The first-order valence-corrected chi connectivity index (χ1v) is 6.62. The molecule has 0 aliphatic rings. The molecule has 92 valence electrons. The highest BCUT2D eigenvalue weighted by molar-refractivity contribution is 9.11. The van der Waals surface area contributed by atoms with E-state index in [1.807, 2.05) is 0 Å². The number of nitrogens with zero attached hydrogens (tertiary/aromatic N) is 1. The summed E-state index contributed by atoms with van der Waals surface area (Å²) >= 11 is 6.64. The van der Waals surface area contributed by atoms with E-state index in [1.165, 1.54) is 0 Å². The van der Waals surface area contributed by atoms with Crippen molar-refractivity contribution in [3.05, 3.63) is 51.2 Å². The molecule has 0 bridgehead atoms. The number of hydrogen-bond donors (Lipinski definition) is 2. The summed E-state index contributed by atoms with van der Waals surface area (Å²) in [6.07, 6.45) is 3.22. The van der Waals surface area contributed by atoms with E-state index in [0.29, 0.717) is 21.4 Å². The number of benzene rings is 1. The van der Waals surface area contributed by atoms with Gasteiger partial charge >= 0.3 is 0 Å². The van der Waals surface area contributed by atoms with E-state index in [-0.39, 0.29) is 5.91 Å². The number of anilines is 2. The van der Waals surface area contributed by atoms with Crippen LogP contribution in [0, 0.1) is 0 Å². The van der Waals surface area contributed by atoms with E-state index in [4.69, 9.17) is 5.73 Å². The molecule has 2 aromatic rings. The van der Waals surface area contributed by atoms with Gasteiger partial charge in [0.25, 0.3) is 5.91 Å². The first-order valence-electron chi connectivity index (χ1n) is 5.04. The number of halogens is 2. The Morgan fingerprint density at radius 3 is 2.72 bits per heavy atom. The van der Waals surface area contributed by atoms with Crippen molar-refractivity contribution in [1.29, 1.82) is 0 Å². The molecule has 1 aromatic heterocycles. The summed E-state index contributed by atoms with van der Waals surface area (Å²) in [7, 11) is 0. The Bertz CT molecular complexity index is 602. The van der Waals surface area contributed by atoms with Crippen molar-refractivity contribution in [3.8, 4) is 0 Å². The zero-order valence-corrected chi connectivity index (χ0v) is 12.3. The zero-order valence-electron chi connectivity index (χ0n) is 9.15. The first-order chi connectivity index (χ1) is 8.58. The lowest BCUT2D eigenvalue weighted by Crippen LogP contribution is -2.13. The number of nitrogen functional groups attached to an aromatic ring is 1. The van der Waals surface area contributed by atoms with Crippen LogP contribution in [-0.4, -0.2) is 10.9 Å². The van der Waals surface area contributed by atoms with Crippen molar-refractivity contribution in [1.82, 2.24) is 4.98 Å². The predicted molar refractivity (Wildman–Crippen MR) is 78.4 cm³/mol. The van der Waals surface area contributed by atoms with Crippen LogP contribution >= 0.6 is 31.9 Å². The Balaban J connectivity index is 2.28. The second-order valence-corrected chi connectivity index (χ2v) is 5.26. The highest BCUT2D eigenvalue weighted by atomic mass is 79.9. The molecule has 0 radical (unpaired) electrons. The van der Waals surface area contributed by atoms with E-state index >= 15 is 0 Å². The predicted octanol–water partition coefficient (Wildman–Crippen LogP) is 3.44. The van der Waals surface area contributed by atoms with Gasteiger partial charge in [-0.25, -0.2) is 0 Å². The molecule has 0 aliphatic carbocycles. The number of rotatable bonds is 2. The average Bonchev–Trinajstić information content (AvgIpc) is 2.35. The molecule has 4 nitrogen and oxygen atoms in total. The molecule has 1 heterocycles. The lowest BCUT2D eigenvalue weighted by Gasteiger charge is -2.08. The number of hydrogen-bond acceptors (Lipinski definition) is 3. The number of carbonyl (C=O) groups is 1. The number of pyridine rings is 1. The van der Waals surface area contributed by atoms with Crippen molar-refractivity contribution >= 4 is 49.1 Å². The summed E-state index contributed by atoms with van der Waals surface area (Å²) in [6, 6.07) is 6.80. The summed E-state index contributed by atoms with van der Waals surface area (Å²) < 4.78 is 1.41. The van der Waals surface area contributed by atoms with Gasteiger partial charge in [0, 0.05) is 22.6 Å². The molecule has 0 unspecified atom stereocenters. The van der Waals surface area contributed by atoms with Gasteiger partial charge in [-0.2, -0.15) is 0 Å². The third-order valence-corrected chi connectivity index (χ3v) is 3.58. The van der Waals surface area contributed by atoms with Gasteiger partial charge < -0.3 is 11.1 Å². The van der Waals surface area contributed by atoms with Crippen LogP contribution in [-0.2, 0) is 0 Å². The van der Waals surface area contributed by atoms with Crippen LogP contribution in [0.25, 0.3) is 0 Å². The van der Waals surface area contributed by atoms with Gasteiger partial charge in [-0.1, -0.05) is 0 Å². The minimum atomic E-state index is -0.235. The molecule has 0 saturated carbocycles. The standard InChI is InChI=1S/C12H9Br2N3O/c13-9-2-1-7(15)5-8(9)12(18)17-11-3-4-16-6-10(11)14/h1-6H,15H2,(H,16,17,18). The summed E-state index contributed by atoms with van der Waals surface area (Å²) in [6.45, 7) is 0. The van der Waals surface area contributed by atoms with E-state index in [9.17, 15) is 4.79 Å². The van der Waals surface area contributed by atoms with Gasteiger partial charge in [0.1, 0.15) is 0 Å². The van der Waals surface area contributed by atoms with Crippen LogP contribution in [0.4, 0.5) is 11.4 Å². The highest BCUT2D eigenvalue weighted by Gasteiger charge is 2.11. The van der Waals surface area contributed by atoms with Gasteiger partial charge in [0.15, 0.2) is 0 Å². The van der Waals surface area contributed by atoms with Crippen molar-refractivity contribution in [2.75, 3.05) is 11.1 Å². The van der Waals surface area contributed by atoms with Crippen LogP contribution in [0.5, 0.6) is 0 Å². The second-order valence-electron chi connectivity index (χ2n) is 3.55. The smallest absolute Gasteiger partial charge is 0.256 e. The van der Waals surface area contributed by atoms with Gasteiger partial charge in [0.05, 0.1) is 15.7 Å². The largest absolute Gasteiger partial charge is 0.399 e. The molecule has 0 spiro atoms. The van der Waals surface area contributed by atoms with Gasteiger partial charge in [-0.15, -0.1) is 0 Å². The number of aromatic nitrogens is 1. The fourth-order valence-corrected chi connectivity index (χ4v) is 2.16. The maximum Gasteiger partial charge on any atom is 0.256 e. The van der Waals surface area contributed by atoms with Crippen LogP contribution in [0.2, 0.25) is 0 Å². The SMILES string of the molecule is Nc1ccc(Br)c(C(=O)Nc2ccncc2Br)c1. The van der Waals surface area contributed by atoms with E-state index in [2.05, 4.69) is 42.2 Å². The Morgan fingerprint density at radius 2 is 2.00 bits per heavy atom. The van der Waals surface area contributed by atoms with Gasteiger partial charge in [-0.3, -0.25) is 9.78 Å². The molecule has 3 N–H and O–H groups in total. The van der Waals surface area contributed by atoms with Crippen molar-refractivity contribution in [2.24, 2.45) is 0 Å². The second kappa shape index (κ2) is 5.49.